The summed E-state index contributed by atoms with van der Waals surface area (Å²) in [5.41, 5.74) is 2.26. The SMILES string of the molecule is COc1cc(/C=C(\C)CC[C@@H](O)C2=C(CO)CS(=O)(=O)[C@H]2CO)cc(I)c1O. The van der Waals surface area contributed by atoms with Gasteiger partial charge in [0, 0.05) is 0 Å². The maximum Gasteiger partial charge on any atom is 0.171 e. The van der Waals surface area contributed by atoms with Gasteiger partial charge in [-0.3, -0.25) is 0 Å². The summed E-state index contributed by atoms with van der Waals surface area (Å²) in [7, 11) is -2.12. The molecule has 0 bridgehead atoms. The lowest BCUT2D eigenvalue weighted by atomic mass is 9.95. The fraction of sp³-hybridized carbons (Fsp3) is 0.474. The lowest BCUT2D eigenvalue weighted by molar-refractivity contribution is 0.186. The third kappa shape index (κ3) is 5.07. The van der Waals surface area contributed by atoms with Crippen LogP contribution in [0.25, 0.3) is 6.08 Å². The second kappa shape index (κ2) is 9.57. The molecule has 2 rings (SSSR count). The van der Waals surface area contributed by atoms with Gasteiger partial charge in [0.25, 0.3) is 0 Å². The highest BCUT2D eigenvalue weighted by Gasteiger charge is 2.40. The molecule has 1 aliphatic rings. The second-order valence-electron chi connectivity index (χ2n) is 6.79. The Morgan fingerprint density at radius 3 is 2.64 bits per heavy atom. The number of phenols is 1. The summed E-state index contributed by atoms with van der Waals surface area (Å²) >= 11 is 2.01. The van der Waals surface area contributed by atoms with Crippen molar-refractivity contribution < 1.29 is 33.6 Å². The van der Waals surface area contributed by atoms with Crippen molar-refractivity contribution in [1.82, 2.24) is 0 Å². The molecule has 0 amide bonds. The van der Waals surface area contributed by atoms with Gasteiger partial charge in [0.15, 0.2) is 21.3 Å². The largest absolute Gasteiger partial charge is 0.504 e. The van der Waals surface area contributed by atoms with Crippen LogP contribution in [-0.2, 0) is 9.84 Å². The fourth-order valence-corrected chi connectivity index (χ4v) is 5.86. The van der Waals surface area contributed by atoms with Gasteiger partial charge in [-0.25, -0.2) is 8.42 Å². The molecule has 7 nitrogen and oxygen atoms in total. The molecule has 1 aliphatic heterocycles. The number of sulfone groups is 1. The number of allylic oxidation sites excluding steroid dienone is 1. The van der Waals surface area contributed by atoms with Crippen molar-refractivity contribution in [2.75, 3.05) is 26.1 Å². The summed E-state index contributed by atoms with van der Waals surface area (Å²) in [5.74, 6) is 0.113. The highest BCUT2D eigenvalue weighted by Crippen LogP contribution is 2.34. The Kier molecular flexibility index (Phi) is 7.91. The van der Waals surface area contributed by atoms with Gasteiger partial charge in [0.1, 0.15) is 5.25 Å². The zero-order chi connectivity index (χ0) is 21.1. The van der Waals surface area contributed by atoms with Gasteiger partial charge >= 0.3 is 0 Å². The molecular weight excluding hydrogens is 499 g/mol. The topological polar surface area (TPSA) is 124 Å². The van der Waals surface area contributed by atoms with Gasteiger partial charge in [0.05, 0.1) is 35.8 Å². The van der Waals surface area contributed by atoms with E-state index >= 15 is 0 Å². The van der Waals surface area contributed by atoms with Gasteiger partial charge in [-0.15, -0.1) is 0 Å². The highest BCUT2D eigenvalue weighted by molar-refractivity contribution is 14.1. The first kappa shape index (κ1) is 23.1. The van der Waals surface area contributed by atoms with E-state index in [1.165, 1.54) is 7.11 Å². The van der Waals surface area contributed by atoms with Gasteiger partial charge in [-0.1, -0.05) is 11.6 Å². The first-order valence-electron chi connectivity index (χ1n) is 8.71. The minimum absolute atomic E-state index is 0.0780. The van der Waals surface area contributed by atoms with Crippen LogP contribution in [0.1, 0.15) is 25.3 Å². The number of halogens is 1. The van der Waals surface area contributed by atoms with Crippen LogP contribution < -0.4 is 4.74 Å². The normalized spacial score (nSPS) is 20.5. The summed E-state index contributed by atoms with van der Waals surface area (Å²) in [6.07, 6.45) is 1.59. The van der Waals surface area contributed by atoms with Crippen LogP contribution >= 0.6 is 22.6 Å². The Morgan fingerprint density at radius 2 is 2.07 bits per heavy atom. The van der Waals surface area contributed by atoms with Crippen molar-refractivity contribution in [3.63, 3.8) is 0 Å². The van der Waals surface area contributed by atoms with Gasteiger partial charge < -0.3 is 25.2 Å². The van der Waals surface area contributed by atoms with Gasteiger partial charge in [0.2, 0.25) is 0 Å². The molecule has 0 saturated heterocycles. The number of phenolic OH excluding ortho intramolecular Hbond substituents is 1. The molecule has 2 atom stereocenters. The molecule has 1 aromatic carbocycles. The number of hydrogen-bond acceptors (Lipinski definition) is 7. The van der Waals surface area contributed by atoms with Gasteiger partial charge in [-0.2, -0.15) is 0 Å². The van der Waals surface area contributed by atoms with Crippen LogP contribution in [0.3, 0.4) is 0 Å². The molecule has 1 heterocycles. The summed E-state index contributed by atoms with van der Waals surface area (Å²) in [6, 6.07) is 3.51. The molecule has 0 unspecified atom stereocenters. The van der Waals surface area contributed by atoms with Crippen molar-refractivity contribution in [3.05, 3.63) is 38.0 Å². The number of aliphatic hydroxyl groups is 3. The maximum atomic E-state index is 12.1. The molecule has 9 heteroatoms. The molecule has 0 spiro atoms. The molecule has 0 fully saturated rings. The average Bonchev–Trinajstić information content (AvgIpc) is 2.92. The summed E-state index contributed by atoms with van der Waals surface area (Å²) in [6.45, 7) is 0.816. The molecular formula is C19H25IO7S. The van der Waals surface area contributed by atoms with E-state index in [4.69, 9.17) is 4.74 Å². The number of rotatable bonds is 8. The Morgan fingerprint density at radius 1 is 1.39 bits per heavy atom. The number of hydrogen-bond donors (Lipinski definition) is 4. The van der Waals surface area contributed by atoms with Crippen LogP contribution in [0, 0.1) is 3.57 Å². The lowest BCUT2D eigenvalue weighted by Crippen LogP contribution is -2.29. The summed E-state index contributed by atoms with van der Waals surface area (Å²) < 4.78 is 30.0. The lowest BCUT2D eigenvalue weighted by Gasteiger charge is -2.19. The van der Waals surface area contributed by atoms with Crippen molar-refractivity contribution in [2.45, 2.75) is 31.1 Å². The standard InChI is InChI=1S/C19H25IO7S/c1-11(5-12-6-14(20)19(24)16(7-12)27-2)3-4-15(23)18-13(8-21)10-28(25,26)17(18)9-22/h5-7,15,17,21-24H,3-4,8-10H2,1-2H3/b11-5+/t15-,17+/m1/s1. The number of benzene rings is 1. The zero-order valence-corrected chi connectivity index (χ0v) is 18.7. The van der Waals surface area contributed by atoms with Crippen LogP contribution in [0.15, 0.2) is 28.9 Å². The average molecular weight is 524 g/mol. The minimum Gasteiger partial charge on any atom is -0.504 e. The molecule has 0 aliphatic carbocycles. The van der Waals surface area contributed by atoms with E-state index in [1.807, 2.05) is 35.6 Å². The van der Waals surface area contributed by atoms with Crippen LogP contribution in [0.2, 0.25) is 0 Å². The van der Waals surface area contributed by atoms with E-state index in [1.54, 1.807) is 12.1 Å². The summed E-state index contributed by atoms with van der Waals surface area (Å²) in [5, 5.41) is 38.2. The van der Waals surface area contributed by atoms with Crippen molar-refractivity contribution in [3.8, 4) is 11.5 Å². The highest BCUT2D eigenvalue weighted by atomic mass is 127. The Bertz CT molecular complexity index is 890. The third-order valence-corrected chi connectivity index (χ3v) is 7.62. The van der Waals surface area contributed by atoms with E-state index in [0.717, 1.165) is 11.1 Å². The first-order valence-corrected chi connectivity index (χ1v) is 11.5. The van der Waals surface area contributed by atoms with Crippen LogP contribution in [0.5, 0.6) is 11.5 Å². The number of methoxy groups -OCH3 is 1. The second-order valence-corrected chi connectivity index (χ2v) is 10.1. The third-order valence-electron chi connectivity index (χ3n) is 4.78. The van der Waals surface area contributed by atoms with Gasteiger partial charge in [-0.05, 0) is 71.2 Å². The Balaban J connectivity index is 2.15. The van der Waals surface area contributed by atoms with Crippen LogP contribution in [0.4, 0.5) is 0 Å². The zero-order valence-electron chi connectivity index (χ0n) is 15.7. The van der Waals surface area contributed by atoms with Crippen molar-refractivity contribution in [2.24, 2.45) is 0 Å². The van der Waals surface area contributed by atoms with Crippen LogP contribution in [-0.4, -0.2) is 66.3 Å². The quantitative estimate of drug-likeness (QED) is 0.301. The Labute approximate surface area is 178 Å². The monoisotopic (exact) mass is 524 g/mol. The maximum absolute atomic E-state index is 12.1. The van der Waals surface area contributed by atoms with E-state index in [0.29, 0.717) is 15.7 Å². The van der Waals surface area contributed by atoms with Crippen molar-refractivity contribution in [1.29, 1.82) is 0 Å². The molecule has 1 aromatic rings. The van der Waals surface area contributed by atoms with E-state index < -0.39 is 34.4 Å². The van der Waals surface area contributed by atoms with Crippen molar-refractivity contribution >= 4 is 38.5 Å². The molecule has 28 heavy (non-hydrogen) atoms. The first-order chi connectivity index (χ1) is 13.1. The molecule has 4 N–H and O–H groups in total. The number of aromatic hydroxyl groups is 1. The van der Waals surface area contributed by atoms with E-state index in [-0.39, 0.29) is 29.1 Å². The smallest absolute Gasteiger partial charge is 0.171 e. The minimum atomic E-state index is -3.59. The predicted molar refractivity (Wildman–Crippen MR) is 115 cm³/mol. The number of aliphatic hydroxyl groups excluding tert-OH is 3. The molecule has 0 saturated carbocycles. The fourth-order valence-electron chi connectivity index (χ4n) is 3.36. The molecule has 0 radical (unpaired) electrons. The Hall–Kier alpha value is -1.14. The molecule has 0 aromatic heterocycles. The van der Waals surface area contributed by atoms with E-state index in [9.17, 15) is 28.8 Å². The summed E-state index contributed by atoms with van der Waals surface area (Å²) in [4.78, 5) is 0. The number of ether oxygens (including phenoxy) is 1. The predicted octanol–water partition coefficient (Wildman–Crippen LogP) is 1.63. The molecule has 156 valence electrons. The van der Waals surface area contributed by atoms with E-state index in [2.05, 4.69) is 0 Å².